The van der Waals surface area contributed by atoms with Gasteiger partial charge in [0.1, 0.15) is 0 Å². The maximum absolute atomic E-state index is 11.6. The molecule has 5 heteroatoms. The molecule has 0 saturated carbocycles. The van der Waals surface area contributed by atoms with Gasteiger partial charge in [-0.25, -0.2) is 13.1 Å². The molecule has 0 saturated heterocycles. The van der Waals surface area contributed by atoms with Crippen molar-refractivity contribution >= 4 is 10.0 Å². The third-order valence-electron chi connectivity index (χ3n) is 3.45. The first-order chi connectivity index (χ1) is 8.92. The molecule has 0 aliphatic carbocycles. The minimum absolute atomic E-state index is 0.306. The number of benzene rings is 1. The van der Waals surface area contributed by atoms with Gasteiger partial charge in [0.2, 0.25) is 10.0 Å². The molecule has 19 heavy (non-hydrogen) atoms. The Bertz CT molecular complexity index is 483. The van der Waals surface area contributed by atoms with Gasteiger partial charge in [0.15, 0.2) is 0 Å². The first-order valence-corrected chi connectivity index (χ1v) is 8.17. The van der Waals surface area contributed by atoms with Crippen LogP contribution in [0.15, 0.2) is 29.2 Å². The van der Waals surface area contributed by atoms with Crippen molar-refractivity contribution in [1.82, 2.24) is 10.0 Å². The quantitative estimate of drug-likeness (QED) is 0.806. The van der Waals surface area contributed by atoms with Crippen LogP contribution in [-0.2, 0) is 10.0 Å². The lowest BCUT2D eigenvalue weighted by Crippen LogP contribution is -2.31. The third kappa shape index (κ3) is 4.30. The molecule has 2 atom stereocenters. The summed E-state index contributed by atoms with van der Waals surface area (Å²) in [6.07, 6.45) is 1.11. The van der Waals surface area contributed by atoms with Gasteiger partial charge in [-0.2, -0.15) is 0 Å². The Morgan fingerprint density at radius 2 is 1.74 bits per heavy atom. The molecule has 0 spiro atoms. The SMILES string of the molecule is CCCNC(C)C(C)c1ccc(S(=O)(=O)NC)cc1. The van der Waals surface area contributed by atoms with Crippen LogP contribution in [0.2, 0.25) is 0 Å². The Kier molecular flexibility index (Phi) is 5.97. The highest BCUT2D eigenvalue weighted by atomic mass is 32.2. The molecule has 0 aliphatic rings. The number of rotatable bonds is 7. The van der Waals surface area contributed by atoms with E-state index in [2.05, 4.69) is 30.8 Å². The van der Waals surface area contributed by atoms with E-state index in [1.807, 2.05) is 12.1 Å². The zero-order chi connectivity index (χ0) is 14.5. The van der Waals surface area contributed by atoms with Crippen LogP contribution in [0.1, 0.15) is 38.7 Å². The molecule has 2 N–H and O–H groups in total. The van der Waals surface area contributed by atoms with E-state index in [1.165, 1.54) is 7.05 Å². The van der Waals surface area contributed by atoms with Crippen molar-refractivity contribution < 1.29 is 8.42 Å². The fourth-order valence-electron chi connectivity index (χ4n) is 1.91. The molecule has 0 aliphatic heterocycles. The molecule has 0 heterocycles. The second-order valence-corrected chi connectivity index (χ2v) is 6.69. The van der Waals surface area contributed by atoms with Crippen LogP contribution < -0.4 is 10.0 Å². The Hall–Kier alpha value is -0.910. The van der Waals surface area contributed by atoms with Crippen molar-refractivity contribution in [1.29, 1.82) is 0 Å². The summed E-state index contributed by atoms with van der Waals surface area (Å²) in [7, 11) is -1.92. The van der Waals surface area contributed by atoms with Crippen LogP contribution >= 0.6 is 0 Å². The van der Waals surface area contributed by atoms with E-state index < -0.39 is 10.0 Å². The topological polar surface area (TPSA) is 58.2 Å². The van der Waals surface area contributed by atoms with Gasteiger partial charge in [-0.05, 0) is 50.6 Å². The predicted octanol–water partition coefficient (Wildman–Crippen LogP) is 2.09. The van der Waals surface area contributed by atoms with Crippen molar-refractivity contribution in [3.63, 3.8) is 0 Å². The smallest absolute Gasteiger partial charge is 0.240 e. The molecule has 0 fully saturated rings. The summed E-state index contributed by atoms with van der Waals surface area (Å²) in [5.74, 6) is 0.345. The van der Waals surface area contributed by atoms with Crippen molar-refractivity contribution in [2.24, 2.45) is 0 Å². The highest BCUT2D eigenvalue weighted by Gasteiger charge is 2.15. The van der Waals surface area contributed by atoms with Crippen molar-refractivity contribution in [2.45, 2.75) is 44.0 Å². The molecule has 0 radical (unpaired) electrons. The average molecular weight is 284 g/mol. The molecule has 1 aromatic rings. The van der Waals surface area contributed by atoms with Gasteiger partial charge in [0.25, 0.3) is 0 Å². The molecular weight excluding hydrogens is 260 g/mol. The van der Waals surface area contributed by atoms with Crippen LogP contribution in [0, 0.1) is 0 Å². The van der Waals surface area contributed by atoms with Crippen LogP contribution in [0.5, 0.6) is 0 Å². The van der Waals surface area contributed by atoms with Crippen molar-refractivity contribution in [3.05, 3.63) is 29.8 Å². The largest absolute Gasteiger partial charge is 0.314 e. The van der Waals surface area contributed by atoms with Gasteiger partial charge >= 0.3 is 0 Å². The Labute approximate surface area is 116 Å². The predicted molar refractivity (Wildman–Crippen MR) is 78.9 cm³/mol. The summed E-state index contributed by atoms with van der Waals surface area (Å²) in [6, 6.07) is 7.46. The van der Waals surface area contributed by atoms with Gasteiger partial charge < -0.3 is 5.32 Å². The van der Waals surface area contributed by atoms with Gasteiger partial charge in [-0.1, -0.05) is 26.0 Å². The average Bonchev–Trinajstić information content (AvgIpc) is 2.44. The van der Waals surface area contributed by atoms with E-state index in [-0.39, 0.29) is 0 Å². The normalized spacial score (nSPS) is 15.2. The molecular formula is C14H24N2O2S. The molecule has 108 valence electrons. The van der Waals surface area contributed by atoms with E-state index >= 15 is 0 Å². The monoisotopic (exact) mass is 284 g/mol. The number of sulfonamides is 1. The molecule has 4 nitrogen and oxygen atoms in total. The summed E-state index contributed by atoms with van der Waals surface area (Å²) in [4.78, 5) is 0.306. The maximum atomic E-state index is 11.6. The van der Waals surface area contributed by atoms with E-state index in [1.54, 1.807) is 12.1 Å². The van der Waals surface area contributed by atoms with Gasteiger partial charge in [0, 0.05) is 6.04 Å². The van der Waals surface area contributed by atoms with E-state index in [0.717, 1.165) is 18.5 Å². The minimum atomic E-state index is -3.34. The Morgan fingerprint density at radius 3 is 2.21 bits per heavy atom. The molecule has 1 aromatic carbocycles. The van der Waals surface area contributed by atoms with Gasteiger partial charge in [0.05, 0.1) is 4.90 Å². The lowest BCUT2D eigenvalue weighted by molar-refractivity contribution is 0.481. The first-order valence-electron chi connectivity index (χ1n) is 6.69. The first kappa shape index (κ1) is 16.1. The molecule has 0 bridgehead atoms. The van der Waals surface area contributed by atoms with E-state index in [4.69, 9.17) is 0 Å². The van der Waals surface area contributed by atoms with Crippen molar-refractivity contribution in [3.8, 4) is 0 Å². The van der Waals surface area contributed by atoms with E-state index in [9.17, 15) is 8.42 Å². The summed E-state index contributed by atoms with van der Waals surface area (Å²) < 4.78 is 25.6. The summed E-state index contributed by atoms with van der Waals surface area (Å²) in [6.45, 7) is 7.44. The van der Waals surface area contributed by atoms with Gasteiger partial charge in [-0.15, -0.1) is 0 Å². The molecule has 2 unspecified atom stereocenters. The highest BCUT2D eigenvalue weighted by Crippen LogP contribution is 2.21. The van der Waals surface area contributed by atoms with Gasteiger partial charge in [-0.3, -0.25) is 0 Å². The van der Waals surface area contributed by atoms with Crippen molar-refractivity contribution in [2.75, 3.05) is 13.6 Å². The molecule has 0 aromatic heterocycles. The summed E-state index contributed by atoms with van der Waals surface area (Å²) in [5, 5.41) is 3.46. The number of nitrogens with one attached hydrogen (secondary N) is 2. The minimum Gasteiger partial charge on any atom is -0.314 e. The maximum Gasteiger partial charge on any atom is 0.240 e. The summed E-state index contributed by atoms with van der Waals surface area (Å²) in [5.41, 5.74) is 1.14. The van der Waals surface area contributed by atoms with Crippen LogP contribution in [0.4, 0.5) is 0 Å². The van der Waals surface area contributed by atoms with Crippen LogP contribution in [0.3, 0.4) is 0 Å². The fourth-order valence-corrected chi connectivity index (χ4v) is 2.64. The number of hydrogen-bond donors (Lipinski definition) is 2. The summed E-state index contributed by atoms with van der Waals surface area (Å²) >= 11 is 0. The second-order valence-electron chi connectivity index (χ2n) is 4.81. The zero-order valence-electron chi connectivity index (χ0n) is 12.1. The zero-order valence-corrected chi connectivity index (χ0v) is 12.9. The van der Waals surface area contributed by atoms with Crippen LogP contribution in [0.25, 0.3) is 0 Å². The fraction of sp³-hybridized carbons (Fsp3) is 0.571. The Balaban J connectivity index is 2.81. The highest BCUT2D eigenvalue weighted by molar-refractivity contribution is 7.89. The third-order valence-corrected chi connectivity index (χ3v) is 4.88. The lowest BCUT2D eigenvalue weighted by Gasteiger charge is -2.21. The number of hydrogen-bond acceptors (Lipinski definition) is 3. The molecule has 1 rings (SSSR count). The standard InChI is InChI=1S/C14H24N2O2S/c1-5-10-16-12(3)11(2)13-6-8-14(9-7-13)19(17,18)15-4/h6-9,11-12,15-16H,5,10H2,1-4H3. The second kappa shape index (κ2) is 7.03. The van der Waals surface area contributed by atoms with Crippen LogP contribution in [-0.4, -0.2) is 28.1 Å². The van der Waals surface area contributed by atoms with E-state index in [0.29, 0.717) is 16.9 Å². The lowest BCUT2D eigenvalue weighted by atomic mass is 9.94. The Morgan fingerprint density at radius 1 is 1.16 bits per heavy atom. The molecule has 0 amide bonds.